The number of hydrogen-bond acceptors (Lipinski definition) is 6. The van der Waals surface area contributed by atoms with Crippen molar-refractivity contribution in [1.29, 1.82) is 0 Å². The van der Waals surface area contributed by atoms with Gasteiger partial charge in [-0.05, 0) is 29.7 Å². The summed E-state index contributed by atoms with van der Waals surface area (Å²) >= 11 is 0. The first-order chi connectivity index (χ1) is 19.7. The fourth-order valence-electron chi connectivity index (χ4n) is 3.26. The van der Waals surface area contributed by atoms with Gasteiger partial charge in [0, 0.05) is 12.4 Å². The van der Waals surface area contributed by atoms with Crippen molar-refractivity contribution in [3.63, 3.8) is 0 Å². The second-order valence-electron chi connectivity index (χ2n) is 8.32. The predicted molar refractivity (Wildman–Crippen MR) is 132 cm³/mol. The number of amides is 2. The summed E-state index contributed by atoms with van der Waals surface area (Å²) in [5, 5.41) is 24.6. The van der Waals surface area contributed by atoms with Gasteiger partial charge in [-0.1, -0.05) is 36.4 Å². The summed E-state index contributed by atoms with van der Waals surface area (Å²) in [5.41, 5.74) is 4.11. The number of aromatic nitrogens is 3. The van der Waals surface area contributed by atoms with Gasteiger partial charge in [0.05, 0.1) is 37.6 Å². The van der Waals surface area contributed by atoms with Crippen LogP contribution in [0.25, 0.3) is 0 Å². The molecule has 1 atom stereocenters. The molecule has 1 aliphatic heterocycles. The topological polar surface area (TPSA) is 156 Å². The number of nitrogens with one attached hydrogen (secondary N) is 2. The van der Waals surface area contributed by atoms with Crippen molar-refractivity contribution in [2.75, 3.05) is 13.2 Å². The molecule has 0 spiro atoms. The van der Waals surface area contributed by atoms with Gasteiger partial charge in [-0.15, -0.1) is 0 Å². The average molecular weight is 605 g/mol. The third kappa shape index (κ3) is 11.8. The number of ether oxygens (including phenoxy) is 1. The molecule has 4 N–H and O–H groups in total. The monoisotopic (exact) mass is 605 g/mol. The van der Waals surface area contributed by atoms with E-state index >= 15 is 0 Å². The van der Waals surface area contributed by atoms with Crippen LogP contribution in [0.3, 0.4) is 0 Å². The zero-order valence-corrected chi connectivity index (χ0v) is 21.5. The fraction of sp³-hybridized carbons (Fsp3) is 0.320. The first-order valence-corrected chi connectivity index (χ1v) is 11.9. The number of rotatable bonds is 6. The molecule has 1 aliphatic rings. The molecule has 4 rings (SSSR count). The number of carboxylic acids is 2. The zero-order valence-electron chi connectivity index (χ0n) is 21.5. The second-order valence-corrected chi connectivity index (χ2v) is 8.32. The fourth-order valence-corrected chi connectivity index (χ4v) is 3.26. The van der Waals surface area contributed by atoms with Crippen molar-refractivity contribution in [3.8, 4) is 0 Å². The van der Waals surface area contributed by atoms with Gasteiger partial charge in [0.25, 0.3) is 0 Å². The van der Waals surface area contributed by atoms with E-state index < -0.39 is 24.3 Å². The van der Waals surface area contributed by atoms with Crippen LogP contribution in [-0.2, 0) is 33.8 Å². The minimum Gasteiger partial charge on any atom is -0.475 e. The highest BCUT2D eigenvalue weighted by atomic mass is 19.4. The number of urea groups is 1. The molecule has 0 bridgehead atoms. The van der Waals surface area contributed by atoms with E-state index in [0.29, 0.717) is 19.7 Å². The lowest BCUT2D eigenvalue weighted by molar-refractivity contribution is -0.193. The van der Waals surface area contributed by atoms with Gasteiger partial charge in [0.2, 0.25) is 0 Å². The summed E-state index contributed by atoms with van der Waals surface area (Å²) in [4.78, 5) is 34.1. The Morgan fingerprint density at radius 2 is 1.52 bits per heavy atom. The SMILES string of the molecule is O=C(NCc1ccccn1)NCC1OCCc2cn(Cc3ccccc3)nc21.O=C(O)C(F)(F)F.O=C(O)C(F)(F)F. The molecule has 1 aromatic carbocycles. The minimum atomic E-state index is -5.08. The highest BCUT2D eigenvalue weighted by Crippen LogP contribution is 2.25. The van der Waals surface area contributed by atoms with E-state index in [0.717, 1.165) is 24.4 Å². The molecule has 0 saturated heterocycles. The number of nitrogens with zero attached hydrogens (tertiary/aromatic N) is 3. The summed E-state index contributed by atoms with van der Waals surface area (Å²) in [7, 11) is 0. The third-order valence-corrected chi connectivity index (χ3v) is 5.14. The molecule has 1 unspecified atom stereocenters. The molecule has 42 heavy (non-hydrogen) atoms. The minimum absolute atomic E-state index is 0.235. The maximum absolute atomic E-state index is 12.1. The Labute approximate surface area is 234 Å². The van der Waals surface area contributed by atoms with Crippen LogP contribution < -0.4 is 10.6 Å². The smallest absolute Gasteiger partial charge is 0.475 e. The molecule has 3 aromatic rings. The highest BCUT2D eigenvalue weighted by molar-refractivity contribution is 5.74. The number of carbonyl (C=O) groups is 3. The zero-order chi connectivity index (χ0) is 31.3. The Kier molecular flexibility index (Phi) is 12.3. The lowest BCUT2D eigenvalue weighted by atomic mass is 10.1. The van der Waals surface area contributed by atoms with Gasteiger partial charge in [0.1, 0.15) is 6.10 Å². The van der Waals surface area contributed by atoms with E-state index in [1.54, 1.807) is 6.20 Å². The maximum Gasteiger partial charge on any atom is 0.490 e. The van der Waals surface area contributed by atoms with Gasteiger partial charge in [0.15, 0.2) is 0 Å². The van der Waals surface area contributed by atoms with E-state index in [2.05, 4.69) is 33.9 Å². The molecule has 0 saturated carbocycles. The molecule has 0 radical (unpaired) electrons. The average Bonchev–Trinajstić information content (AvgIpc) is 3.34. The standard InChI is InChI=1S/C21H23N5O2.2C2HF3O2/c27-21(23-12-18-8-4-5-10-22-18)24-13-19-20-17(9-11-28-19)15-26(25-20)14-16-6-2-1-3-7-16;2*3-2(4,5)1(6)7/h1-8,10,15,19H,9,11-14H2,(H2,23,24,27);2*(H,6,7). The Balaban J connectivity index is 0.000000367. The van der Waals surface area contributed by atoms with Gasteiger partial charge >= 0.3 is 30.3 Å². The third-order valence-electron chi connectivity index (χ3n) is 5.14. The van der Waals surface area contributed by atoms with Gasteiger partial charge in [-0.25, -0.2) is 14.4 Å². The second kappa shape index (κ2) is 15.4. The molecule has 0 aliphatic carbocycles. The Morgan fingerprint density at radius 1 is 0.929 bits per heavy atom. The summed E-state index contributed by atoms with van der Waals surface area (Å²) in [6.07, 6.45) is -5.77. The van der Waals surface area contributed by atoms with Gasteiger partial charge in [-0.3, -0.25) is 9.67 Å². The van der Waals surface area contributed by atoms with Crippen molar-refractivity contribution < 1.29 is 55.7 Å². The molecule has 2 aromatic heterocycles. The van der Waals surface area contributed by atoms with Crippen LogP contribution >= 0.6 is 0 Å². The highest BCUT2D eigenvalue weighted by Gasteiger charge is 2.38. The molecule has 11 nitrogen and oxygen atoms in total. The molecule has 17 heteroatoms. The summed E-state index contributed by atoms with van der Waals surface area (Å²) in [6, 6.07) is 15.6. The lowest BCUT2D eigenvalue weighted by Crippen LogP contribution is -2.38. The number of halogens is 6. The number of benzene rings is 1. The number of hydrogen-bond donors (Lipinski definition) is 4. The molecule has 2 amide bonds. The molecule has 228 valence electrons. The predicted octanol–water partition coefficient (Wildman–Crippen LogP) is 3.71. The molecular formula is C25H25F6N5O6. The summed E-state index contributed by atoms with van der Waals surface area (Å²) in [5.74, 6) is -5.51. The van der Waals surface area contributed by atoms with Crippen molar-refractivity contribution >= 4 is 18.0 Å². The normalized spacial score (nSPS) is 14.2. The quantitative estimate of drug-likeness (QED) is 0.310. The van der Waals surface area contributed by atoms with Crippen molar-refractivity contribution in [2.24, 2.45) is 0 Å². The van der Waals surface area contributed by atoms with E-state index in [-0.39, 0.29) is 12.1 Å². The number of carboxylic acid groups (broad SMARTS) is 2. The van der Waals surface area contributed by atoms with Crippen LogP contribution in [0.4, 0.5) is 31.1 Å². The van der Waals surface area contributed by atoms with E-state index in [4.69, 9.17) is 29.6 Å². The number of aliphatic carboxylic acids is 2. The van der Waals surface area contributed by atoms with E-state index in [9.17, 15) is 31.1 Å². The molecule has 3 heterocycles. The largest absolute Gasteiger partial charge is 0.490 e. The van der Waals surface area contributed by atoms with Crippen LogP contribution in [0, 0.1) is 0 Å². The van der Waals surface area contributed by atoms with Crippen LogP contribution in [0.1, 0.15) is 28.6 Å². The Bertz CT molecular complexity index is 1280. The van der Waals surface area contributed by atoms with Crippen LogP contribution in [0.2, 0.25) is 0 Å². The maximum atomic E-state index is 12.1. The van der Waals surface area contributed by atoms with E-state index in [1.807, 2.05) is 41.1 Å². The van der Waals surface area contributed by atoms with E-state index in [1.165, 1.54) is 11.1 Å². The Morgan fingerprint density at radius 3 is 2.07 bits per heavy atom. The van der Waals surface area contributed by atoms with Crippen molar-refractivity contribution in [3.05, 3.63) is 83.4 Å². The Hall–Kier alpha value is -4.67. The van der Waals surface area contributed by atoms with Crippen molar-refractivity contribution in [1.82, 2.24) is 25.4 Å². The van der Waals surface area contributed by atoms with Crippen LogP contribution in [0.15, 0.2) is 60.9 Å². The number of alkyl halides is 6. The number of carbonyl (C=O) groups excluding carboxylic acids is 1. The van der Waals surface area contributed by atoms with Gasteiger partial charge < -0.3 is 25.6 Å². The first kappa shape index (κ1) is 33.5. The summed E-state index contributed by atoms with van der Waals surface area (Å²) in [6.45, 7) is 2.11. The van der Waals surface area contributed by atoms with Crippen LogP contribution in [-0.4, -0.2) is 68.5 Å². The van der Waals surface area contributed by atoms with Crippen molar-refractivity contribution in [2.45, 2.75) is 38.0 Å². The number of fused-ring (bicyclic) bond motifs is 1. The van der Waals surface area contributed by atoms with Gasteiger partial charge in [-0.2, -0.15) is 31.4 Å². The molecular weight excluding hydrogens is 580 g/mol. The van der Waals surface area contributed by atoms with Crippen LogP contribution in [0.5, 0.6) is 0 Å². The number of pyridine rings is 1. The summed E-state index contributed by atoms with van der Waals surface area (Å²) < 4.78 is 71.3. The first-order valence-electron chi connectivity index (χ1n) is 11.9. The lowest BCUT2D eigenvalue weighted by Gasteiger charge is -2.22. The molecule has 0 fully saturated rings.